The molecule has 1 amide bonds. The zero-order valence-corrected chi connectivity index (χ0v) is 19.1. The van der Waals surface area contributed by atoms with E-state index in [4.69, 9.17) is 9.47 Å². The summed E-state index contributed by atoms with van der Waals surface area (Å²) in [5.41, 5.74) is 1.14. The quantitative estimate of drug-likeness (QED) is 0.472. The third-order valence-electron chi connectivity index (χ3n) is 5.76. The molecule has 4 rings (SSSR count). The number of carbonyl (C=O) groups is 1. The van der Waals surface area contributed by atoms with Crippen molar-refractivity contribution in [2.24, 2.45) is 0 Å². The summed E-state index contributed by atoms with van der Waals surface area (Å²) >= 11 is 0. The van der Waals surface area contributed by atoms with Gasteiger partial charge in [-0.25, -0.2) is 4.39 Å². The molecule has 2 aromatic carbocycles. The monoisotopic (exact) mass is 452 g/mol. The summed E-state index contributed by atoms with van der Waals surface area (Å²) in [6.07, 6.45) is 6.14. The Morgan fingerprint density at radius 2 is 2.00 bits per heavy atom. The average molecular weight is 453 g/mol. The van der Waals surface area contributed by atoms with Gasteiger partial charge in [-0.15, -0.1) is 10.2 Å². The van der Waals surface area contributed by atoms with Crippen molar-refractivity contribution < 1.29 is 18.7 Å². The number of rotatable bonds is 8. The third kappa shape index (κ3) is 5.16. The van der Waals surface area contributed by atoms with Gasteiger partial charge in [0, 0.05) is 24.1 Å². The molecule has 174 valence electrons. The molecule has 0 saturated heterocycles. The summed E-state index contributed by atoms with van der Waals surface area (Å²) in [6.45, 7) is 3.49. The molecule has 1 aliphatic heterocycles. The summed E-state index contributed by atoms with van der Waals surface area (Å²) in [5, 5.41) is 11.3. The second-order valence-corrected chi connectivity index (χ2v) is 8.12. The van der Waals surface area contributed by atoms with Crippen LogP contribution in [0.5, 0.6) is 11.5 Å². The molecular formula is C25H29FN4O3. The first-order valence-electron chi connectivity index (χ1n) is 11.4. The molecule has 0 unspecified atom stereocenters. The van der Waals surface area contributed by atoms with Gasteiger partial charge in [0.1, 0.15) is 11.6 Å². The van der Waals surface area contributed by atoms with E-state index in [1.165, 1.54) is 13.2 Å². The Bertz CT molecular complexity index is 1130. The van der Waals surface area contributed by atoms with E-state index in [-0.39, 0.29) is 5.69 Å². The number of nitrogens with zero attached hydrogens (tertiary/aromatic N) is 3. The van der Waals surface area contributed by atoms with Crippen LogP contribution in [-0.4, -0.2) is 34.4 Å². The maximum atomic E-state index is 14.6. The SMILES string of the molecule is CCCCOc1ccc(C(=O)Nc2cc(-c3nnc4n3CCCCC4)ccc2F)cc1OC. The second kappa shape index (κ2) is 10.5. The van der Waals surface area contributed by atoms with Crippen LogP contribution in [0.3, 0.4) is 0 Å². The molecule has 0 saturated carbocycles. The molecule has 7 nitrogen and oxygen atoms in total. The van der Waals surface area contributed by atoms with Crippen molar-refractivity contribution in [2.45, 2.75) is 52.0 Å². The van der Waals surface area contributed by atoms with Crippen molar-refractivity contribution in [3.8, 4) is 22.9 Å². The summed E-state index contributed by atoms with van der Waals surface area (Å²) in [6, 6.07) is 9.54. The number of unbranched alkanes of at least 4 members (excludes halogenated alkanes) is 1. The molecule has 2 heterocycles. The molecule has 0 bridgehead atoms. The molecule has 1 aliphatic rings. The fourth-order valence-corrected chi connectivity index (χ4v) is 3.91. The lowest BCUT2D eigenvalue weighted by Gasteiger charge is -2.13. The molecule has 33 heavy (non-hydrogen) atoms. The topological polar surface area (TPSA) is 78.3 Å². The highest BCUT2D eigenvalue weighted by Crippen LogP contribution is 2.30. The summed E-state index contributed by atoms with van der Waals surface area (Å²) in [4.78, 5) is 12.9. The van der Waals surface area contributed by atoms with Crippen LogP contribution in [-0.2, 0) is 13.0 Å². The zero-order chi connectivity index (χ0) is 23.2. The molecule has 0 spiro atoms. The number of methoxy groups -OCH3 is 1. The molecular weight excluding hydrogens is 423 g/mol. The van der Waals surface area contributed by atoms with Crippen LogP contribution in [0.4, 0.5) is 10.1 Å². The Labute approximate surface area is 192 Å². The first-order valence-corrected chi connectivity index (χ1v) is 11.4. The van der Waals surface area contributed by atoms with Crippen molar-refractivity contribution in [2.75, 3.05) is 19.0 Å². The van der Waals surface area contributed by atoms with Crippen LogP contribution >= 0.6 is 0 Å². The van der Waals surface area contributed by atoms with Gasteiger partial charge in [-0.3, -0.25) is 4.79 Å². The molecule has 1 aromatic heterocycles. The number of carbonyl (C=O) groups excluding carboxylic acids is 1. The lowest BCUT2D eigenvalue weighted by molar-refractivity contribution is 0.102. The number of ether oxygens (including phenoxy) is 2. The highest BCUT2D eigenvalue weighted by Gasteiger charge is 2.18. The van der Waals surface area contributed by atoms with Gasteiger partial charge in [-0.2, -0.15) is 0 Å². The molecule has 3 aromatic rings. The number of amides is 1. The number of fused-ring (bicyclic) bond motifs is 1. The summed E-state index contributed by atoms with van der Waals surface area (Å²) in [5.74, 6) is 1.71. The predicted molar refractivity (Wildman–Crippen MR) is 124 cm³/mol. The van der Waals surface area contributed by atoms with Gasteiger partial charge >= 0.3 is 0 Å². The highest BCUT2D eigenvalue weighted by molar-refractivity contribution is 6.05. The van der Waals surface area contributed by atoms with Crippen LogP contribution < -0.4 is 14.8 Å². The van der Waals surface area contributed by atoms with Gasteiger partial charge in [0.05, 0.1) is 19.4 Å². The number of nitrogens with one attached hydrogen (secondary N) is 1. The van der Waals surface area contributed by atoms with Crippen LogP contribution in [0.2, 0.25) is 0 Å². The summed E-state index contributed by atoms with van der Waals surface area (Å²) in [7, 11) is 1.52. The number of hydrogen-bond acceptors (Lipinski definition) is 5. The van der Waals surface area contributed by atoms with Gasteiger partial charge < -0.3 is 19.4 Å². The highest BCUT2D eigenvalue weighted by atomic mass is 19.1. The fraction of sp³-hybridized carbons (Fsp3) is 0.400. The molecule has 0 aliphatic carbocycles. The van der Waals surface area contributed by atoms with Crippen LogP contribution in [0, 0.1) is 5.82 Å². The van der Waals surface area contributed by atoms with Crippen LogP contribution in [0.25, 0.3) is 11.4 Å². The fourth-order valence-electron chi connectivity index (χ4n) is 3.91. The minimum Gasteiger partial charge on any atom is -0.493 e. The number of aromatic nitrogens is 3. The minimum absolute atomic E-state index is 0.0886. The molecule has 8 heteroatoms. The molecule has 0 radical (unpaired) electrons. The first kappa shape index (κ1) is 22.8. The Balaban J connectivity index is 1.55. The van der Waals surface area contributed by atoms with E-state index in [0.717, 1.165) is 50.9 Å². The Morgan fingerprint density at radius 3 is 2.82 bits per heavy atom. The van der Waals surface area contributed by atoms with Crippen molar-refractivity contribution in [1.82, 2.24) is 14.8 Å². The first-order chi connectivity index (χ1) is 16.1. The van der Waals surface area contributed by atoms with E-state index < -0.39 is 11.7 Å². The van der Waals surface area contributed by atoms with E-state index >= 15 is 0 Å². The number of hydrogen-bond donors (Lipinski definition) is 1. The van der Waals surface area contributed by atoms with E-state index in [9.17, 15) is 9.18 Å². The lowest BCUT2D eigenvalue weighted by Crippen LogP contribution is -2.13. The van der Waals surface area contributed by atoms with E-state index in [1.54, 1.807) is 30.3 Å². The number of halogens is 1. The van der Waals surface area contributed by atoms with Gasteiger partial charge in [-0.05, 0) is 55.7 Å². The van der Waals surface area contributed by atoms with Gasteiger partial charge in [0.15, 0.2) is 17.3 Å². The molecule has 0 fully saturated rings. The molecule has 1 N–H and O–H groups in total. The Morgan fingerprint density at radius 1 is 1.12 bits per heavy atom. The van der Waals surface area contributed by atoms with Crippen molar-refractivity contribution >= 4 is 11.6 Å². The van der Waals surface area contributed by atoms with Gasteiger partial charge in [-0.1, -0.05) is 19.8 Å². The Kier molecular flexibility index (Phi) is 7.22. The minimum atomic E-state index is -0.519. The van der Waals surface area contributed by atoms with Crippen molar-refractivity contribution in [3.63, 3.8) is 0 Å². The van der Waals surface area contributed by atoms with Crippen molar-refractivity contribution in [1.29, 1.82) is 0 Å². The van der Waals surface area contributed by atoms with Crippen LogP contribution in [0.15, 0.2) is 36.4 Å². The molecule has 0 atom stereocenters. The maximum absolute atomic E-state index is 14.6. The average Bonchev–Trinajstić information content (AvgIpc) is 3.08. The van der Waals surface area contributed by atoms with Gasteiger partial charge in [0.2, 0.25) is 0 Å². The maximum Gasteiger partial charge on any atom is 0.255 e. The Hall–Kier alpha value is -3.42. The number of benzene rings is 2. The third-order valence-corrected chi connectivity index (χ3v) is 5.76. The smallest absolute Gasteiger partial charge is 0.255 e. The number of anilines is 1. The second-order valence-electron chi connectivity index (χ2n) is 8.12. The number of aryl methyl sites for hydroxylation is 1. The largest absolute Gasteiger partial charge is 0.493 e. The van der Waals surface area contributed by atoms with E-state index in [0.29, 0.717) is 35.1 Å². The standard InChI is InChI=1S/C25H29FN4O3/c1-3-4-14-33-21-12-10-18(16-22(21)32-2)25(31)27-20-15-17(9-11-19(20)26)24-29-28-23-8-6-5-7-13-30(23)24/h9-12,15-16H,3-8,13-14H2,1-2H3,(H,27,31). The van der Waals surface area contributed by atoms with E-state index in [2.05, 4.69) is 27.0 Å². The van der Waals surface area contributed by atoms with Gasteiger partial charge in [0.25, 0.3) is 5.91 Å². The van der Waals surface area contributed by atoms with Crippen LogP contribution in [0.1, 0.15) is 55.2 Å². The summed E-state index contributed by atoms with van der Waals surface area (Å²) < 4.78 is 27.8. The zero-order valence-electron chi connectivity index (χ0n) is 19.1. The van der Waals surface area contributed by atoms with E-state index in [1.807, 2.05) is 0 Å². The predicted octanol–water partition coefficient (Wildman–Crippen LogP) is 5.25. The van der Waals surface area contributed by atoms with Crippen molar-refractivity contribution in [3.05, 3.63) is 53.6 Å². The lowest BCUT2D eigenvalue weighted by atomic mass is 10.1. The normalized spacial score (nSPS) is 13.2.